The van der Waals surface area contributed by atoms with Crippen LogP contribution in [0.5, 0.6) is 0 Å². The first-order chi connectivity index (χ1) is 22.5. The fourth-order valence-electron chi connectivity index (χ4n) is 4.95. The molecule has 0 amide bonds. The van der Waals surface area contributed by atoms with E-state index in [2.05, 4.69) is 230 Å². The molecule has 0 aliphatic rings. The van der Waals surface area contributed by atoms with E-state index in [0.29, 0.717) is 0 Å². The van der Waals surface area contributed by atoms with Crippen molar-refractivity contribution < 1.29 is 0 Å². The Bertz CT molecular complexity index is 1720. The van der Waals surface area contributed by atoms with Gasteiger partial charge in [0.1, 0.15) is 0 Å². The van der Waals surface area contributed by atoms with Crippen molar-refractivity contribution in [3.8, 4) is 0 Å². The van der Waals surface area contributed by atoms with E-state index in [1.54, 1.807) is 0 Å². The van der Waals surface area contributed by atoms with Gasteiger partial charge in [0.05, 0.1) is 0 Å². The summed E-state index contributed by atoms with van der Waals surface area (Å²) in [6.07, 6.45) is 13.0. The van der Waals surface area contributed by atoms with E-state index in [1.807, 2.05) is 0 Å². The Morgan fingerprint density at radius 2 is 0.435 bits per heavy atom. The molecule has 6 aromatic rings. The van der Waals surface area contributed by atoms with E-state index in [-0.39, 0.29) is 0 Å². The van der Waals surface area contributed by atoms with E-state index in [1.165, 1.54) is 49.3 Å². The highest BCUT2D eigenvalue weighted by Gasteiger charge is 2.16. The molecule has 0 heterocycles. The average Bonchev–Trinajstić information content (AvgIpc) is 3.09. The summed E-state index contributed by atoms with van der Waals surface area (Å²) in [5.74, 6) is 0. The smallest absolute Gasteiger partial charge is 0.0175 e. The Kier molecular flexibility index (Phi) is 11.1. The summed E-state index contributed by atoms with van der Waals surface area (Å²) in [5, 5.41) is 3.98. The molecule has 0 aliphatic carbocycles. The maximum Gasteiger partial charge on any atom is 0.0175 e. The van der Waals surface area contributed by atoms with Crippen LogP contribution in [0.25, 0.3) is 36.5 Å². The third-order valence-electron chi connectivity index (χ3n) is 7.47. The first-order valence-corrected chi connectivity index (χ1v) is 18.6. The van der Waals surface area contributed by atoms with Crippen LogP contribution < -0.4 is 15.9 Å². The Hall–Kier alpha value is -3.59. The van der Waals surface area contributed by atoms with Crippen LogP contribution in [0.1, 0.15) is 33.4 Å². The zero-order valence-corrected chi connectivity index (χ0v) is 30.6. The summed E-state index contributed by atoms with van der Waals surface area (Å²) < 4.78 is 3.26. The largest absolute Gasteiger partial charge is 0.0544 e. The molecule has 0 aromatic heterocycles. The minimum Gasteiger partial charge on any atom is -0.0544 e. The molecular weight excluding hydrogens is 775 g/mol. The van der Waals surface area contributed by atoms with Crippen LogP contribution in [0.4, 0.5) is 0 Å². The highest BCUT2D eigenvalue weighted by molar-refractivity contribution is 9.11. The lowest BCUT2D eigenvalue weighted by Crippen LogP contribution is -2.20. The second-order valence-corrected chi connectivity index (χ2v) is 15.7. The van der Waals surface area contributed by atoms with Crippen LogP contribution in [0, 0.1) is 0 Å². The van der Waals surface area contributed by atoms with Gasteiger partial charge in [0.15, 0.2) is 0 Å². The molecule has 0 atom stereocenters. The maximum atomic E-state index is 3.52. The van der Waals surface area contributed by atoms with Crippen molar-refractivity contribution in [2.45, 2.75) is 0 Å². The van der Waals surface area contributed by atoms with Gasteiger partial charge in [0, 0.05) is 13.4 Å². The van der Waals surface area contributed by atoms with Gasteiger partial charge in [-0.15, -0.1) is 0 Å². The van der Waals surface area contributed by atoms with E-state index < -0.39 is 7.92 Å². The van der Waals surface area contributed by atoms with E-state index in [4.69, 9.17) is 0 Å². The Morgan fingerprint density at radius 1 is 0.261 bits per heavy atom. The zero-order valence-electron chi connectivity index (χ0n) is 24.9. The number of hydrogen-bond donors (Lipinski definition) is 0. The second kappa shape index (κ2) is 15.8. The van der Waals surface area contributed by atoms with Gasteiger partial charge >= 0.3 is 0 Å². The Labute approximate surface area is 298 Å². The quantitative estimate of drug-likeness (QED) is 0.101. The SMILES string of the molecule is Brc1ccc(/C=C/c2ccc(P(c3ccc(/C=C/c4ccc(Br)cc4)cc3)c3ccc(/C=C/c4ccc(Br)cc4)cc3)cc2)cc1. The Balaban J connectivity index is 1.27. The van der Waals surface area contributed by atoms with Gasteiger partial charge in [-0.1, -0.05) is 193 Å². The van der Waals surface area contributed by atoms with Gasteiger partial charge in [0.2, 0.25) is 0 Å². The lowest BCUT2D eigenvalue weighted by molar-refractivity contribution is 1.61. The normalized spacial score (nSPS) is 11.7. The molecule has 0 radical (unpaired) electrons. The van der Waals surface area contributed by atoms with Crippen LogP contribution >= 0.6 is 55.7 Å². The van der Waals surface area contributed by atoms with Gasteiger partial charge < -0.3 is 0 Å². The first kappa shape index (κ1) is 32.4. The molecule has 0 unspecified atom stereocenters. The van der Waals surface area contributed by atoms with Crippen molar-refractivity contribution in [2.24, 2.45) is 0 Å². The molecule has 224 valence electrons. The zero-order chi connectivity index (χ0) is 31.7. The van der Waals surface area contributed by atoms with Crippen molar-refractivity contribution in [2.75, 3.05) is 0 Å². The fourth-order valence-corrected chi connectivity index (χ4v) is 7.98. The molecule has 0 bridgehead atoms. The number of hydrogen-bond acceptors (Lipinski definition) is 0. The highest BCUT2D eigenvalue weighted by Crippen LogP contribution is 2.33. The average molecular weight is 805 g/mol. The minimum absolute atomic E-state index is 0.741. The van der Waals surface area contributed by atoms with Gasteiger partial charge in [-0.3, -0.25) is 0 Å². The summed E-state index contributed by atoms with van der Waals surface area (Å²) in [7, 11) is -0.741. The van der Waals surface area contributed by atoms with Crippen molar-refractivity contribution in [3.63, 3.8) is 0 Å². The lowest BCUT2D eigenvalue weighted by Gasteiger charge is -2.20. The van der Waals surface area contributed by atoms with Crippen molar-refractivity contribution in [1.29, 1.82) is 0 Å². The van der Waals surface area contributed by atoms with Crippen LogP contribution in [0.15, 0.2) is 159 Å². The summed E-state index contributed by atoms with van der Waals surface area (Å²) in [6.45, 7) is 0. The molecule has 0 fully saturated rings. The topological polar surface area (TPSA) is 0 Å². The Morgan fingerprint density at radius 3 is 0.630 bits per heavy atom. The van der Waals surface area contributed by atoms with Crippen molar-refractivity contribution >= 4 is 108 Å². The van der Waals surface area contributed by atoms with Crippen molar-refractivity contribution in [1.82, 2.24) is 0 Å². The molecular formula is C42H30Br3P. The van der Waals surface area contributed by atoms with Crippen LogP contribution in [0.2, 0.25) is 0 Å². The predicted molar refractivity (Wildman–Crippen MR) is 214 cm³/mol. The molecule has 6 rings (SSSR count). The number of rotatable bonds is 9. The number of benzene rings is 6. The molecule has 0 spiro atoms. The van der Waals surface area contributed by atoms with Crippen LogP contribution in [-0.2, 0) is 0 Å². The molecule has 0 saturated heterocycles. The third-order valence-corrected chi connectivity index (χ3v) is 11.5. The molecule has 46 heavy (non-hydrogen) atoms. The summed E-state index contributed by atoms with van der Waals surface area (Å²) in [6, 6.07) is 52.2. The monoisotopic (exact) mass is 802 g/mol. The van der Waals surface area contributed by atoms with E-state index in [9.17, 15) is 0 Å². The standard InChI is InChI=1S/C42H30Br3P/c43-37-19-7-31(8-20-37)1-4-34-13-25-40(26-14-34)46(41-27-15-35(16-28-41)5-2-32-9-21-38(44)22-10-32)42-29-17-36(18-30-42)6-3-33-11-23-39(45)24-12-33/h1-30H/b4-1+,5-2+,6-3+. The van der Waals surface area contributed by atoms with Crippen molar-refractivity contribution in [3.05, 3.63) is 192 Å². The molecule has 0 N–H and O–H groups in total. The summed E-state index contributed by atoms with van der Waals surface area (Å²) >= 11 is 10.5. The summed E-state index contributed by atoms with van der Waals surface area (Å²) in [5.41, 5.74) is 7.09. The van der Waals surface area contributed by atoms with Gasteiger partial charge in [-0.2, -0.15) is 0 Å². The third kappa shape index (κ3) is 9.02. The number of halogens is 3. The van der Waals surface area contributed by atoms with Gasteiger partial charge in [-0.25, -0.2) is 0 Å². The van der Waals surface area contributed by atoms with Gasteiger partial charge in [0.25, 0.3) is 0 Å². The second-order valence-electron chi connectivity index (χ2n) is 10.8. The summed E-state index contributed by atoms with van der Waals surface area (Å²) in [4.78, 5) is 0. The van der Waals surface area contributed by atoms with Crippen LogP contribution in [0.3, 0.4) is 0 Å². The minimum atomic E-state index is -0.741. The maximum absolute atomic E-state index is 3.52. The molecule has 0 aliphatic heterocycles. The molecule has 0 nitrogen and oxygen atoms in total. The van der Waals surface area contributed by atoms with Gasteiger partial charge in [-0.05, 0) is 93.6 Å². The highest BCUT2D eigenvalue weighted by atomic mass is 79.9. The molecule has 0 saturated carbocycles. The molecule has 6 aromatic carbocycles. The fraction of sp³-hybridized carbons (Fsp3) is 0. The van der Waals surface area contributed by atoms with E-state index >= 15 is 0 Å². The van der Waals surface area contributed by atoms with Crippen LogP contribution in [-0.4, -0.2) is 0 Å². The predicted octanol–water partition coefficient (Wildman–Crippen LogP) is 12.2. The van der Waals surface area contributed by atoms with E-state index in [0.717, 1.165) is 13.4 Å². The molecule has 4 heteroatoms. The lowest BCUT2D eigenvalue weighted by atomic mass is 10.1. The first-order valence-electron chi connectivity index (χ1n) is 14.9.